The Balaban J connectivity index is 1.68. The summed E-state index contributed by atoms with van der Waals surface area (Å²) >= 11 is 5.31. The van der Waals surface area contributed by atoms with Gasteiger partial charge in [0.25, 0.3) is 0 Å². The summed E-state index contributed by atoms with van der Waals surface area (Å²) in [6, 6.07) is 7.16. The zero-order valence-corrected chi connectivity index (χ0v) is 15.6. The van der Waals surface area contributed by atoms with Crippen LogP contribution in [0, 0.1) is 0 Å². The number of carbonyl (C=O) groups is 1. The van der Waals surface area contributed by atoms with Crippen molar-refractivity contribution in [3.05, 3.63) is 29.8 Å². The van der Waals surface area contributed by atoms with E-state index in [0.29, 0.717) is 17.3 Å². The summed E-state index contributed by atoms with van der Waals surface area (Å²) in [5.74, 6) is -0.283. The maximum absolute atomic E-state index is 11.9. The number of carbonyl (C=O) groups excluding carboxylic acids is 1. The second-order valence-electron chi connectivity index (χ2n) is 6.06. The van der Waals surface area contributed by atoms with Gasteiger partial charge in [-0.15, -0.1) is 0 Å². The molecule has 1 saturated heterocycles. The number of anilines is 1. The van der Waals surface area contributed by atoms with Crippen LogP contribution in [0.1, 0.15) is 30.1 Å². The Bertz CT molecular complexity index is 545. The molecule has 1 aliphatic rings. The number of esters is 1. The predicted molar refractivity (Wildman–Crippen MR) is 102 cm³/mol. The van der Waals surface area contributed by atoms with Crippen LogP contribution in [-0.2, 0) is 9.47 Å². The Morgan fingerprint density at radius 1 is 1.28 bits per heavy atom. The first-order chi connectivity index (χ1) is 12.2. The molecule has 0 bridgehead atoms. The van der Waals surface area contributed by atoms with Gasteiger partial charge in [-0.3, -0.25) is 0 Å². The fourth-order valence-corrected chi connectivity index (χ4v) is 2.74. The molecule has 0 amide bonds. The summed E-state index contributed by atoms with van der Waals surface area (Å²) in [7, 11) is 0. The van der Waals surface area contributed by atoms with Crippen molar-refractivity contribution < 1.29 is 19.2 Å². The molecule has 2 rings (SSSR count). The lowest BCUT2D eigenvalue weighted by molar-refractivity contribution is -0.906. The van der Waals surface area contributed by atoms with Crippen molar-refractivity contribution in [1.29, 1.82) is 0 Å². The Labute approximate surface area is 154 Å². The van der Waals surface area contributed by atoms with Gasteiger partial charge in [0.1, 0.15) is 13.1 Å². The molecule has 0 spiro atoms. The molecule has 0 aromatic heterocycles. The summed E-state index contributed by atoms with van der Waals surface area (Å²) in [6.45, 7) is 8.16. The van der Waals surface area contributed by atoms with Gasteiger partial charge in [0.05, 0.1) is 38.5 Å². The number of thiocarbonyl (C=S) groups is 1. The quantitative estimate of drug-likeness (QED) is 0.360. The van der Waals surface area contributed by atoms with E-state index in [1.54, 1.807) is 12.1 Å². The summed E-state index contributed by atoms with van der Waals surface area (Å²) in [4.78, 5) is 13.4. The maximum Gasteiger partial charge on any atom is 0.338 e. The van der Waals surface area contributed by atoms with Crippen molar-refractivity contribution in [3.63, 3.8) is 0 Å². The van der Waals surface area contributed by atoms with E-state index in [2.05, 4.69) is 17.6 Å². The van der Waals surface area contributed by atoms with E-state index in [9.17, 15) is 4.79 Å². The molecule has 3 N–H and O–H groups in total. The first kappa shape index (κ1) is 19.6. The van der Waals surface area contributed by atoms with E-state index in [1.807, 2.05) is 12.1 Å². The topological polar surface area (TPSA) is 64.0 Å². The Kier molecular flexibility index (Phi) is 8.65. The molecule has 0 aliphatic carbocycles. The highest BCUT2D eigenvalue weighted by Gasteiger charge is 2.13. The first-order valence-electron chi connectivity index (χ1n) is 8.92. The van der Waals surface area contributed by atoms with Crippen molar-refractivity contribution in [2.45, 2.75) is 19.8 Å². The van der Waals surface area contributed by atoms with E-state index in [0.717, 1.165) is 57.9 Å². The van der Waals surface area contributed by atoms with Crippen LogP contribution in [0.15, 0.2) is 24.3 Å². The number of rotatable bonds is 8. The second-order valence-corrected chi connectivity index (χ2v) is 6.47. The standard InChI is InChI=1S/C18H27N3O3S/c1-2-3-12-24-17(22)15-4-6-16(7-5-15)20-18(25)19-8-9-21-10-13-23-14-11-21/h4-7H,2-3,8-14H2,1H3,(H2,19,20,25)/p+1. The molecule has 1 fully saturated rings. The normalized spacial score (nSPS) is 14.8. The number of quaternary nitrogens is 1. The number of ether oxygens (including phenoxy) is 2. The molecule has 7 heteroatoms. The van der Waals surface area contributed by atoms with Crippen LogP contribution in [0.3, 0.4) is 0 Å². The Hall–Kier alpha value is -1.70. The fraction of sp³-hybridized carbons (Fsp3) is 0.556. The van der Waals surface area contributed by atoms with Gasteiger partial charge in [-0.2, -0.15) is 0 Å². The van der Waals surface area contributed by atoms with Gasteiger partial charge in [0.2, 0.25) is 0 Å². The van der Waals surface area contributed by atoms with E-state index in [4.69, 9.17) is 21.7 Å². The van der Waals surface area contributed by atoms with E-state index >= 15 is 0 Å². The molecule has 1 aromatic rings. The number of hydrogen-bond donors (Lipinski definition) is 3. The molecule has 1 aliphatic heterocycles. The molecule has 0 saturated carbocycles. The van der Waals surface area contributed by atoms with Gasteiger partial charge < -0.3 is 25.0 Å². The lowest BCUT2D eigenvalue weighted by Crippen LogP contribution is -3.14. The van der Waals surface area contributed by atoms with Crippen molar-refractivity contribution in [2.75, 3.05) is 51.3 Å². The summed E-state index contributed by atoms with van der Waals surface area (Å²) in [5, 5.41) is 6.94. The lowest BCUT2D eigenvalue weighted by Gasteiger charge is -2.24. The van der Waals surface area contributed by atoms with Gasteiger partial charge in [-0.05, 0) is 42.9 Å². The minimum Gasteiger partial charge on any atom is -0.462 e. The fourth-order valence-electron chi connectivity index (χ4n) is 2.52. The third-order valence-electron chi connectivity index (χ3n) is 4.07. The molecule has 1 aromatic carbocycles. The van der Waals surface area contributed by atoms with Crippen molar-refractivity contribution in [3.8, 4) is 0 Å². The predicted octanol–water partition coefficient (Wildman–Crippen LogP) is 0.845. The van der Waals surface area contributed by atoms with E-state index in [-0.39, 0.29) is 5.97 Å². The monoisotopic (exact) mass is 366 g/mol. The molecule has 6 nitrogen and oxygen atoms in total. The largest absolute Gasteiger partial charge is 0.462 e. The highest BCUT2D eigenvalue weighted by molar-refractivity contribution is 7.80. The van der Waals surface area contributed by atoms with Crippen LogP contribution in [0.4, 0.5) is 5.69 Å². The van der Waals surface area contributed by atoms with Gasteiger partial charge in [0.15, 0.2) is 5.11 Å². The van der Waals surface area contributed by atoms with Gasteiger partial charge >= 0.3 is 5.97 Å². The van der Waals surface area contributed by atoms with Crippen LogP contribution in [0.2, 0.25) is 0 Å². The average Bonchev–Trinajstić information content (AvgIpc) is 2.63. The number of hydrogen-bond acceptors (Lipinski definition) is 4. The van der Waals surface area contributed by atoms with Crippen molar-refractivity contribution in [2.24, 2.45) is 0 Å². The molecule has 0 radical (unpaired) electrons. The van der Waals surface area contributed by atoms with Crippen LogP contribution >= 0.6 is 12.2 Å². The maximum atomic E-state index is 11.9. The molecule has 1 heterocycles. The third kappa shape index (κ3) is 7.37. The Morgan fingerprint density at radius 3 is 2.68 bits per heavy atom. The van der Waals surface area contributed by atoms with Crippen LogP contribution in [0.25, 0.3) is 0 Å². The average molecular weight is 367 g/mol. The van der Waals surface area contributed by atoms with Gasteiger partial charge in [-0.25, -0.2) is 4.79 Å². The zero-order valence-electron chi connectivity index (χ0n) is 14.8. The zero-order chi connectivity index (χ0) is 17.9. The van der Waals surface area contributed by atoms with Crippen LogP contribution < -0.4 is 15.5 Å². The highest BCUT2D eigenvalue weighted by Crippen LogP contribution is 2.10. The van der Waals surface area contributed by atoms with E-state index < -0.39 is 0 Å². The molecular weight excluding hydrogens is 338 g/mol. The number of unbranched alkanes of at least 4 members (excludes halogenated alkanes) is 1. The summed E-state index contributed by atoms with van der Waals surface area (Å²) < 4.78 is 10.5. The minimum absolute atomic E-state index is 0.283. The molecule has 0 unspecified atom stereocenters. The highest BCUT2D eigenvalue weighted by atomic mass is 32.1. The molecular formula is C18H28N3O3S+. The minimum atomic E-state index is -0.283. The van der Waals surface area contributed by atoms with Crippen molar-refractivity contribution in [1.82, 2.24) is 5.32 Å². The molecule has 138 valence electrons. The van der Waals surface area contributed by atoms with Crippen LogP contribution in [0.5, 0.6) is 0 Å². The van der Waals surface area contributed by atoms with Gasteiger partial charge in [0, 0.05) is 5.69 Å². The van der Waals surface area contributed by atoms with Crippen molar-refractivity contribution >= 4 is 29.0 Å². The third-order valence-corrected chi connectivity index (χ3v) is 4.32. The second kappa shape index (κ2) is 11.0. The summed E-state index contributed by atoms with van der Waals surface area (Å²) in [6.07, 6.45) is 1.89. The van der Waals surface area contributed by atoms with E-state index in [1.165, 1.54) is 4.90 Å². The first-order valence-corrected chi connectivity index (χ1v) is 9.33. The number of benzene rings is 1. The number of morpholine rings is 1. The van der Waals surface area contributed by atoms with Gasteiger partial charge in [-0.1, -0.05) is 13.3 Å². The Morgan fingerprint density at radius 2 is 2.00 bits per heavy atom. The lowest BCUT2D eigenvalue weighted by atomic mass is 10.2. The molecule has 0 atom stereocenters. The summed E-state index contributed by atoms with van der Waals surface area (Å²) in [5.41, 5.74) is 1.40. The van der Waals surface area contributed by atoms with Crippen LogP contribution in [-0.4, -0.2) is 57.1 Å². The molecule has 25 heavy (non-hydrogen) atoms. The SMILES string of the molecule is CCCCOC(=O)c1ccc(NC(=S)NCC[NH+]2CCOCC2)cc1. The smallest absolute Gasteiger partial charge is 0.338 e. The number of nitrogens with one attached hydrogen (secondary N) is 3.